The molecule has 4 nitrogen and oxygen atoms in total. The summed E-state index contributed by atoms with van der Waals surface area (Å²) in [5.74, 6) is 0.680. The van der Waals surface area contributed by atoms with Crippen molar-refractivity contribution in [3.63, 3.8) is 0 Å². The maximum absolute atomic E-state index is 9.92. The lowest BCUT2D eigenvalue weighted by Gasteiger charge is -2.35. The molecule has 1 aromatic carbocycles. The highest BCUT2D eigenvalue weighted by atomic mass is 16.6. The molecule has 4 heteroatoms. The number of ether oxygens (including phenoxy) is 1. The molecule has 27 heavy (non-hydrogen) atoms. The van der Waals surface area contributed by atoms with E-state index in [0.717, 1.165) is 11.1 Å². The van der Waals surface area contributed by atoms with Crippen molar-refractivity contribution in [3.8, 4) is 5.75 Å². The number of hydrogen-bond donors (Lipinski definition) is 2. The minimum atomic E-state index is -0.905. The topological polar surface area (TPSA) is 67.8 Å². The van der Waals surface area contributed by atoms with Crippen LogP contribution >= 0.6 is 0 Å². The van der Waals surface area contributed by atoms with Crippen molar-refractivity contribution < 1.29 is 9.84 Å². The smallest absolute Gasteiger partial charge is 0.194 e. The number of rotatable bonds is 5. The molecule has 0 aromatic heterocycles. The van der Waals surface area contributed by atoms with Gasteiger partial charge in [-0.3, -0.25) is 4.99 Å². The van der Waals surface area contributed by atoms with E-state index in [2.05, 4.69) is 53.7 Å². The third kappa shape index (κ3) is 6.05. The molecule has 154 valence electrons. The van der Waals surface area contributed by atoms with E-state index in [1.54, 1.807) is 6.92 Å². The highest BCUT2D eigenvalue weighted by Crippen LogP contribution is 2.38. The number of aliphatic hydroxyl groups excluding tert-OH is 1. The molecule has 1 aromatic rings. The van der Waals surface area contributed by atoms with Gasteiger partial charge in [0.25, 0.3) is 0 Å². The standard InChI is InChI=1S/C23H40N2O2/c1-15(26)27-19-16(14-25-23(10,11)22(8,9)24)12-17(20(2,3)4)13-18(19)21(5,6)7/h12-15,26H,24H2,1-11H3/t15-/m1/s1. The van der Waals surface area contributed by atoms with Gasteiger partial charge in [-0.2, -0.15) is 0 Å². The van der Waals surface area contributed by atoms with Crippen molar-refractivity contribution in [1.29, 1.82) is 0 Å². The lowest BCUT2D eigenvalue weighted by Crippen LogP contribution is -2.51. The zero-order valence-corrected chi connectivity index (χ0v) is 19.2. The summed E-state index contributed by atoms with van der Waals surface area (Å²) in [7, 11) is 0. The van der Waals surface area contributed by atoms with E-state index in [9.17, 15) is 5.11 Å². The van der Waals surface area contributed by atoms with E-state index in [1.807, 2.05) is 33.9 Å². The molecular formula is C23H40N2O2. The highest BCUT2D eigenvalue weighted by Gasteiger charge is 2.33. The fourth-order valence-electron chi connectivity index (χ4n) is 2.44. The molecule has 0 amide bonds. The zero-order valence-electron chi connectivity index (χ0n) is 19.2. The molecule has 0 radical (unpaired) electrons. The highest BCUT2D eigenvalue weighted by molar-refractivity contribution is 5.85. The second-order valence-corrected chi connectivity index (χ2v) is 10.7. The minimum absolute atomic E-state index is 0.0192. The maximum atomic E-state index is 9.92. The van der Waals surface area contributed by atoms with Crippen LogP contribution in [0.4, 0.5) is 0 Å². The molecule has 0 heterocycles. The van der Waals surface area contributed by atoms with E-state index >= 15 is 0 Å². The lowest BCUT2D eigenvalue weighted by molar-refractivity contribution is -0.00167. The Morgan fingerprint density at radius 3 is 1.85 bits per heavy atom. The van der Waals surface area contributed by atoms with Crippen molar-refractivity contribution >= 4 is 6.21 Å². The van der Waals surface area contributed by atoms with Crippen molar-refractivity contribution in [2.75, 3.05) is 0 Å². The Hall–Kier alpha value is -1.39. The van der Waals surface area contributed by atoms with Crippen LogP contribution in [0.2, 0.25) is 0 Å². The Balaban J connectivity index is 3.73. The van der Waals surface area contributed by atoms with Crippen molar-refractivity contribution in [2.45, 2.75) is 104 Å². The Labute approximate surface area is 166 Å². The van der Waals surface area contributed by atoms with Crippen molar-refractivity contribution in [1.82, 2.24) is 0 Å². The quantitative estimate of drug-likeness (QED) is 0.565. The van der Waals surface area contributed by atoms with Crippen LogP contribution in [0.15, 0.2) is 17.1 Å². The second-order valence-electron chi connectivity index (χ2n) is 10.7. The summed E-state index contributed by atoms with van der Waals surface area (Å²) in [6.07, 6.45) is 0.939. The van der Waals surface area contributed by atoms with Gasteiger partial charge in [0, 0.05) is 22.9 Å². The Morgan fingerprint density at radius 1 is 0.963 bits per heavy atom. The van der Waals surface area contributed by atoms with Crippen LogP contribution in [0, 0.1) is 0 Å². The van der Waals surface area contributed by atoms with E-state index in [4.69, 9.17) is 15.5 Å². The molecule has 1 atom stereocenters. The molecule has 0 saturated heterocycles. The number of aliphatic hydroxyl groups is 1. The van der Waals surface area contributed by atoms with Gasteiger partial charge in [-0.25, -0.2) is 0 Å². The molecule has 0 bridgehead atoms. The number of nitrogens with two attached hydrogens (primary N) is 1. The average Bonchev–Trinajstić information content (AvgIpc) is 2.41. The average molecular weight is 377 g/mol. The summed E-state index contributed by atoms with van der Waals surface area (Å²) in [5, 5.41) is 9.92. The first-order valence-electron chi connectivity index (χ1n) is 9.74. The summed E-state index contributed by atoms with van der Waals surface area (Å²) < 4.78 is 5.85. The van der Waals surface area contributed by atoms with Gasteiger partial charge in [0.2, 0.25) is 0 Å². The summed E-state index contributed by atoms with van der Waals surface area (Å²) >= 11 is 0. The van der Waals surface area contributed by atoms with E-state index in [-0.39, 0.29) is 10.8 Å². The molecule has 3 N–H and O–H groups in total. The number of nitrogens with zero attached hydrogens (tertiary/aromatic N) is 1. The van der Waals surface area contributed by atoms with E-state index in [0.29, 0.717) is 5.75 Å². The van der Waals surface area contributed by atoms with E-state index < -0.39 is 17.4 Å². The summed E-state index contributed by atoms with van der Waals surface area (Å²) in [6, 6.07) is 4.29. The maximum Gasteiger partial charge on any atom is 0.194 e. The minimum Gasteiger partial charge on any atom is -0.464 e. The van der Waals surface area contributed by atoms with Gasteiger partial charge in [0.05, 0.1) is 5.54 Å². The third-order valence-corrected chi connectivity index (χ3v) is 5.18. The molecule has 0 unspecified atom stereocenters. The fourth-order valence-corrected chi connectivity index (χ4v) is 2.44. The first-order chi connectivity index (χ1) is 11.9. The van der Waals surface area contributed by atoms with Gasteiger partial charge in [-0.15, -0.1) is 0 Å². The van der Waals surface area contributed by atoms with Crippen LogP contribution in [0.25, 0.3) is 0 Å². The van der Waals surface area contributed by atoms with Gasteiger partial charge in [0.1, 0.15) is 5.75 Å². The Morgan fingerprint density at radius 2 is 1.48 bits per heavy atom. The van der Waals surface area contributed by atoms with Crippen molar-refractivity contribution in [2.24, 2.45) is 10.7 Å². The summed E-state index contributed by atoms with van der Waals surface area (Å²) in [4.78, 5) is 4.80. The SMILES string of the molecule is C[C@H](O)Oc1c(C=NC(C)(C)C(C)(C)N)cc(C(C)(C)C)cc1C(C)(C)C. The van der Waals surface area contributed by atoms with Crippen LogP contribution in [-0.2, 0) is 10.8 Å². The third-order valence-electron chi connectivity index (χ3n) is 5.18. The number of hydrogen-bond acceptors (Lipinski definition) is 4. The molecule has 0 aliphatic heterocycles. The van der Waals surface area contributed by atoms with Gasteiger partial charge < -0.3 is 15.6 Å². The largest absolute Gasteiger partial charge is 0.464 e. The molecule has 0 aliphatic rings. The summed E-state index contributed by atoms with van der Waals surface area (Å²) in [6.45, 7) is 22.7. The first-order valence-corrected chi connectivity index (χ1v) is 9.74. The van der Waals surface area contributed by atoms with Crippen molar-refractivity contribution in [3.05, 3.63) is 28.8 Å². The Kier molecular flexibility index (Phi) is 6.62. The first kappa shape index (κ1) is 23.6. The van der Waals surface area contributed by atoms with Gasteiger partial charge in [0.15, 0.2) is 6.29 Å². The molecule has 0 fully saturated rings. The fraction of sp³-hybridized carbons (Fsp3) is 0.696. The summed E-state index contributed by atoms with van der Waals surface area (Å²) in [5.41, 5.74) is 8.36. The zero-order chi connectivity index (χ0) is 21.4. The number of benzene rings is 1. The van der Waals surface area contributed by atoms with Gasteiger partial charge >= 0.3 is 0 Å². The molecular weight excluding hydrogens is 336 g/mol. The molecule has 0 spiro atoms. The lowest BCUT2D eigenvalue weighted by atomic mass is 9.79. The van der Waals surface area contributed by atoms with Crippen LogP contribution in [0.5, 0.6) is 5.75 Å². The van der Waals surface area contributed by atoms with Crippen LogP contribution in [0.3, 0.4) is 0 Å². The van der Waals surface area contributed by atoms with Gasteiger partial charge in [-0.05, 0) is 57.1 Å². The molecule has 1 rings (SSSR count). The molecule has 0 aliphatic carbocycles. The molecule has 0 saturated carbocycles. The second kappa shape index (κ2) is 7.56. The van der Waals surface area contributed by atoms with E-state index in [1.165, 1.54) is 5.56 Å². The van der Waals surface area contributed by atoms with Crippen LogP contribution in [0.1, 0.15) is 92.9 Å². The van der Waals surface area contributed by atoms with Crippen LogP contribution in [-0.4, -0.2) is 28.7 Å². The monoisotopic (exact) mass is 376 g/mol. The predicted molar refractivity (Wildman–Crippen MR) is 116 cm³/mol. The Bertz CT molecular complexity index is 682. The van der Waals surface area contributed by atoms with Crippen LogP contribution < -0.4 is 10.5 Å². The van der Waals surface area contributed by atoms with Gasteiger partial charge in [-0.1, -0.05) is 47.6 Å². The number of aliphatic imine (C=N–C) groups is 1. The predicted octanol–water partition coefficient (Wildman–Crippen LogP) is 4.93. The normalized spacial score (nSPS) is 15.3.